The van der Waals surface area contributed by atoms with Crippen LogP contribution in [0.1, 0.15) is 21.5 Å². The van der Waals surface area contributed by atoms with Crippen molar-refractivity contribution in [2.45, 2.75) is 13.8 Å². The number of hydrogen-bond donors (Lipinski definition) is 1. The van der Waals surface area contributed by atoms with Crippen LogP contribution in [0.5, 0.6) is 0 Å². The van der Waals surface area contributed by atoms with E-state index in [1.807, 2.05) is 19.9 Å². The lowest BCUT2D eigenvalue weighted by Gasteiger charge is -2.04. The predicted octanol–water partition coefficient (Wildman–Crippen LogP) is 2.12. The fourth-order valence-electron chi connectivity index (χ4n) is 1.01. The normalized spacial score (nSPS) is 8.83. The lowest BCUT2D eigenvalue weighted by atomic mass is 10.0. The zero-order chi connectivity index (χ0) is 8.43. The van der Waals surface area contributed by atoms with E-state index >= 15 is 0 Å². The van der Waals surface area contributed by atoms with E-state index in [9.17, 15) is 4.79 Å². The molecule has 0 unspecified atom stereocenters. The van der Waals surface area contributed by atoms with Crippen LogP contribution in [0.4, 0.5) is 5.69 Å². The molecule has 1 aromatic rings. The Morgan fingerprint density at radius 1 is 1.33 bits per heavy atom. The highest BCUT2D eigenvalue weighted by Crippen LogP contribution is 2.17. The summed E-state index contributed by atoms with van der Waals surface area (Å²) in [6.45, 7) is 3.86. The van der Waals surface area contributed by atoms with E-state index in [1.165, 1.54) is 0 Å². The maximum absolute atomic E-state index is 10.5. The van der Waals surface area contributed by atoms with Crippen molar-refractivity contribution in [1.82, 2.24) is 0 Å². The average Bonchev–Trinajstić information content (AvgIpc) is 1.99. The first-order valence-corrected chi connectivity index (χ1v) is 3.47. The van der Waals surface area contributed by atoms with E-state index in [2.05, 4.69) is 0 Å². The van der Waals surface area contributed by atoms with Crippen LogP contribution < -0.4 is 5.73 Å². The molecule has 0 aliphatic rings. The molecule has 0 aliphatic carbocycles. The van der Waals surface area contributed by atoms with Crippen molar-refractivity contribution in [3.63, 3.8) is 0 Å². The molecule has 0 radical (unpaired) electrons. The number of halogens is 1. The molecular formula is C9H12ClNO. The fourth-order valence-corrected chi connectivity index (χ4v) is 1.01. The molecular weight excluding hydrogens is 174 g/mol. The molecule has 1 rings (SSSR count). The van der Waals surface area contributed by atoms with Crippen molar-refractivity contribution in [2.75, 3.05) is 5.73 Å². The second-order valence-electron chi connectivity index (χ2n) is 2.63. The van der Waals surface area contributed by atoms with Crippen molar-refractivity contribution < 1.29 is 4.79 Å². The Kier molecular flexibility index (Phi) is 3.77. The minimum atomic E-state index is 0. The number of anilines is 1. The number of aldehydes is 1. The van der Waals surface area contributed by atoms with Crippen molar-refractivity contribution in [3.8, 4) is 0 Å². The monoisotopic (exact) mass is 185 g/mol. The van der Waals surface area contributed by atoms with Crippen molar-refractivity contribution in [3.05, 3.63) is 28.8 Å². The Morgan fingerprint density at radius 3 is 2.33 bits per heavy atom. The molecule has 0 aromatic heterocycles. The Bertz CT molecular complexity index is 297. The third-order valence-electron chi connectivity index (χ3n) is 1.94. The predicted molar refractivity (Wildman–Crippen MR) is 53.0 cm³/mol. The summed E-state index contributed by atoms with van der Waals surface area (Å²) >= 11 is 0. The van der Waals surface area contributed by atoms with Crippen molar-refractivity contribution in [2.24, 2.45) is 0 Å². The largest absolute Gasteiger partial charge is 0.398 e. The van der Waals surface area contributed by atoms with E-state index in [0.29, 0.717) is 11.3 Å². The molecule has 0 saturated heterocycles. The third-order valence-corrected chi connectivity index (χ3v) is 1.94. The maximum Gasteiger partial charge on any atom is 0.152 e. The van der Waals surface area contributed by atoms with E-state index in [-0.39, 0.29) is 12.4 Å². The van der Waals surface area contributed by atoms with Gasteiger partial charge in [-0.3, -0.25) is 4.79 Å². The van der Waals surface area contributed by atoms with E-state index < -0.39 is 0 Å². The number of nitrogens with two attached hydrogens (primary N) is 1. The fraction of sp³-hybridized carbons (Fsp3) is 0.222. The molecule has 0 atom stereocenters. The van der Waals surface area contributed by atoms with Crippen LogP contribution in [-0.4, -0.2) is 6.29 Å². The number of nitrogen functional groups attached to an aromatic ring is 1. The van der Waals surface area contributed by atoms with Gasteiger partial charge in [-0.05, 0) is 31.0 Å². The molecule has 0 heterocycles. The number of benzene rings is 1. The van der Waals surface area contributed by atoms with Crippen LogP contribution in [0.15, 0.2) is 12.1 Å². The molecule has 0 saturated carbocycles. The van der Waals surface area contributed by atoms with Gasteiger partial charge >= 0.3 is 0 Å². The van der Waals surface area contributed by atoms with Gasteiger partial charge in [0, 0.05) is 11.3 Å². The summed E-state index contributed by atoms with van der Waals surface area (Å²) in [7, 11) is 0. The maximum atomic E-state index is 10.5. The smallest absolute Gasteiger partial charge is 0.152 e. The Morgan fingerprint density at radius 2 is 1.92 bits per heavy atom. The van der Waals surface area contributed by atoms with Crippen LogP contribution in [0, 0.1) is 13.8 Å². The molecule has 2 nitrogen and oxygen atoms in total. The van der Waals surface area contributed by atoms with Gasteiger partial charge in [0.25, 0.3) is 0 Å². The molecule has 0 fully saturated rings. The van der Waals surface area contributed by atoms with Crippen LogP contribution in [-0.2, 0) is 0 Å². The summed E-state index contributed by atoms with van der Waals surface area (Å²) < 4.78 is 0. The number of carbonyl (C=O) groups excluding carboxylic acids is 1. The summed E-state index contributed by atoms with van der Waals surface area (Å²) in [5, 5.41) is 0. The first-order valence-electron chi connectivity index (χ1n) is 3.47. The summed E-state index contributed by atoms with van der Waals surface area (Å²) in [5.74, 6) is 0. The van der Waals surface area contributed by atoms with Gasteiger partial charge in [0.05, 0.1) is 0 Å². The zero-order valence-corrected chi connectivity index (χ0v) is 7.94. The minimum absolute atomic E-state index is 0. The number of carbonyl (C=O) groups is 1. The Labute approximate surface area is 78.2 Å². The average molecular weight is 186 g/mol. The van der Waals surface area contributed by atoms with Gasteiger partial charge in [0.2, 0.25) is 0 Å². The summed E-state index contributed by atoms with van der Waals surface area (Å²) in [5.41, 5.74) is 8.81. The molecule has 2 N–H and O–H groups in total. The van der Waals surface area contributed by atoms with Crippen LogP contribution >= 0.6 is 12.4 Å². The van der Waals surface area contributed by atoms with Crippen LogP contribution in [0.3, 0.4) is 0 Å². The quantitative estimate of drug-likeness (QED) is 0.538. The Hall–Kier alpha value is -1.02. The molecule has 0 amide bonds. The van der Waals surface area contributed by atoms with Gasteiger partial charge in [-0.25, -0.2) is 0 Å². The first kappa shape index (κ1) is 11.0. The topological polar surface area (TPSA) is 43.1 Å². The highest BCUT2D eigenvalue weighted by molar-refractivity contribution is 5.86. The highest BCUT2D eigenvalue weighted by Gasteiger charge is 2.02. The number of hydrogen-bond acceptors (Lipinski definition) is 2. The second-order valence-corrected chi connectivity index (χ2v) is 2.63. The number of aryl methyl sites for hydroxylation is 1. The standard InChI is InChI=1S/C9H11NO.ClH/c1-6-3-4-9(10)8(5-11)7(6)2;/h3-5H,10H2,1-2H3;1H. The summed E-state index contributed by atoms with van der Waals surface area (Å²) in [6, 6.07) is 3.67. The molecule has 12 heavy (non-hydrogen) atoms. The lowest BCUT2D eigenvalue weighted by Crippen LogP contribution is -1.97. The second kappa shape index (κ2) is 4.12. The van der Waals surface area contributed by atoms with Gasteiger partial charge in [0.15, 0.2) is 6.29 Å². The summed E-state index contributed by atoms with van der Waals surface area (Å²) in [6.07, 6.45) is 0.803. The number of rotatable bonds is 1. The van der Waals surface area contributed by atoms with Crippen molar-refractivity contribution >= 4 is 24.4 Å². The molecule has 0 aliphatic heterocycles. The molecule has 0 bridgehead atoms. The van der Waals surface area contributed by atoms with Gasteiger partial charge in [-0.2, -0.15) is 0 Å². The van der Waals surface area contributed by atoms with Gasteiger partial charge < -0.3 is 5.73 Å². The van der Waals surface area contributed by atoms with Crippen LogP contribution in [0.2, 0.25) is 0 Å². The van der Waals surface area contributed by atoms with Crippen LogP contribution in [0.25, 0.3) is 0 Å². The van der Waals surface area contributed by atoms with Gasteiger partial charge in [0.1, 0.15) is 0 Å². The van der Waals surface area contributed by atoms with E-state index in [0.717, 1.165) is 17.4 Å². The minimum Gasteiger partial charge on any atom is -0.398 e. The molecule has 3 heteroatoms. The zero-order valence-electron chi connectivity index (χ0n) is 7.13. The SMILES string of the molecule is Cc1ccc(N)c(C=O)c1C.Cl. The molecule has 1 aromatic carbocycles. The first-order chi connectivity index (χ1) is 5.16. The summed E-state index contributed by atoms with van der Waals surface area (Å²) in [4.78, 5) is 10.5. The van der Waals surface area contributed by atoms with Crippen molar-refractivity contribution in [1.29, 1.82) is 0 Å². The van der Waals surface area contributed by atoms with Gasteiger partial charge in [-0.1, -0.05) is 6.07 Å². The highest BCUT2D eigenvalue weighted by atomic mass is 35.5. The molecule has 66 valence electrons. The lowest BCUT2D eigenvalue weighted by molar-refractivity contribution is 0.112. The van der Waals surface area contributed by atoms with E-state index in [4.69, 9.17) is 5.73 Å². The third kappa shape index (κ3) is 1.77. The van der Waals surface area contributed by atoms with E-state index in [1.54, 1.807) is 6.07 Å². The Balaban J connectivity index is 0.00000121. The molecule has 0 spiro atoms. The van der Waals surface area contributed by atoms with Gasteiger partial charge in [-0.15, -0.1) is 12.4 Å².